The lowest BCUT2D eigenvalue weighted by Gasteiger charge is -2.43. The Hall–Kier alpha value is -2.54. The fraction of sp³-hybridized carbons (Fsp3) is 0.433. The molecule has 2 aliphatic heterocycles. The molecule has 6 rings (SSSR count). The van der Waals surface area contributed by atoms with Gasteiger partial charge in [0.2, 0.25) is 11.8 Å². The smallest absolute Gasteiger partial charge is 0.230 e. The van der Waals surface area contributed by atoms with Gasteiger partial charge in [0, 0.05) is 46.1 Å². The highest BCUT2D eigenvalue weighted by Crippen LogP contribution is 2.49. The summed E-state index contributed by atoms with van der Waals surface area (Å²) in [6.45, 7) is 0. The van der Waals surface area contributed by atoms with Gasteiger partial charge in [-0.05, 0) is 67.9 Å². The van der Waals surface area contributed by atoms with Crippen molar-refractivity contribution in [3.05, 3.63) is 75.5 Å². The zero-order valence-corrected chi connectivity index (χ0v) is 23.5. The van der Waals surface area contributed by atoms with Crippen LogP contribution in [-0.2, 0) is 24.0 Å². The minimum atomic E-state index is -0.985. The van der Waals surface area contributed by atoms with Gasteiger partial charge in [-0.25, -0.2) is 0 Å². The molecule has 5 aliphatic rings. The molecule has 9 heteroatoms. The molecule has 2 fully saturated rings. The lowest BCUT2D eigenvalue weighted by atomic mass is 9.68. The summed E-state index contributed by atoms with van der Waals surface area (Å²) in [5.41, 5.74) is 1.97. The summed E-state index contributed by atoms with van der Waals surface area (Å²) in [6.07, 6.45) is 13.0. The highest BCUT2D eigenvalue weighted by atomic mass is 35.5. The quantitative estimate of drug-likeness (QED) is 0.407. The number of fused-ring (bicyclic) bond motifs is 5. The number of amides is 2. The average Bonchev–Trinajstić information content (AvgIpc) is 2.92. The molecule has 5 atom stereocenters. The van der Waals surface area contributed by atoms with Crippen LogP contribution in [0.5, 0.6) is 0 Å². The third-order valence-corrected chi connectivity index (χ3v) is 9.52. The molecule has 3 unspecified atom stereocenters. The third kappa shape index (κ3) is 5.19. The van der Waals surface area contributed by atoms with E-state index in [4.69, 9.17) is 39.5 Å². The fourth-order valence-electron chi connectivity index (χ4n) is 6.59. The van der Waals surface area contributed by atoms with Crippen LogP contribution in [0.25, 0.3) is 0 Å². The Kier molecular flexibility index (Phi) is 7.15. The number of alkyl halides is 1. The monoisotopic (exact) mass is 586 g/mol. The van der Waals surface area contributed by atoms with E-state index >= 15 is 0 Å². The van der Waals surface area contributed by atoms with Crippen molar-refractivity contribution < 1.29 is 19.1 Å². The standard InChI is InChI=1S/C30H29Cl3N2O4/c31-17-3-1-2-16(12-17)21-14-26(37)35-28-22-15-30(33,11-10-25(22)39-20-7-5-19(36)6-8-20)23-9-4-18(32)13-24(23)34-29(38)27(21)28/h1-4,9-10,13,15-16,20-21,27-28H,5-8,11-12,14H2,(H,34,38)(H,35,37)/t16?,21-,27?,28-,30?/m0/s1. The van der Waals surface area contributed by atoms with E-state index in [0.29, 0.717) is 65.6 Å². The number of rotatable bonds is 3. The van der Waals surface area contributed by atoms with Gasteiger partial charge in [0.25, 0.3) is 0 Å². The molecule has 0 aromatic heterocycles. The van der Waals surface area contributed by atoms with Crippen LogP contribution in [-0.4, -0.2) is 29.7 Å². The van der Waals surface area contributed by atoms with Crippen LogP contribution in [0.3, 0.4) is 0 Å². The van der Waals surface area contributed by atoms with Gasteiger partial charge in [0.15, 0.2) is 0 Å². The molecular formula is C30H29Cl3N2O4. The third-order valence-electron chi connectivity index (χ3n) is 8.54. The van der Waals surface area contributed by atoms with Crippen LogP contribution in [0, 0.1) is 17.8 Å². The molecule has 6 nitrogen and oxygen atoms in total. The Balaban J connectivity index is 1.45. The number of piperidine rings is 1. The van der Waals surface area contributed by atoms with Gasteiger partial charge in [0.1, 0.15) is 11.5 Å². The van der Waals surface area contributed by atoms with Crippen molar-refractivity contribution >= 4 is 58.1 Å². The van der Waals surface area contributed by atoms with Crippen LogP contribution >= 0.6 is 34.8 Å². The van der Waals surface area contributed by atoms with Gasteiger partial charge in [0.05, 0.1) is 22.9 Å². The second-order valence-electron chi connectivity index (χ2n) is 11.1. The fourth-order valence-corrected chi connectivity index (χ4v) is 7.38. The molecule has 1 saturated carbocycles. The van der Waals surface area contributed by atoms with E-state index in [1.54, 1.807) is 12.1 Å². The van der Waals surface area contributed by atoms with E-state index in [1.807, 2.05) is 36.4 Å². The van der Waals surface area contributed by atoms with Gasteiger partial charge < -0.3 is 15.4 Å². The van der Waals surface area contributed by atoms with E-state index in [0.717, 1.165) is 5.56 Å². The summed E-state index contributed by atoms with van der Waals surface area (Å²) in [5.74, 6) is -0.500. The maximum absolute atomic E-state index is 14.1. The summed E-state index contributed by atoms with van der Waals surface area (Å²) in [6, 6.07) is 4.66. The predicted octanol–water partition coefficient (Wildman–Crippen LogP) is 6.29. The second kappa shape index (κ2) is 10.5. The van der Waals surface area contributed by atoms with Crippen molar-refractivity contribution in [1.29, 1.82) is 0 Å². The number of ether oxygens (including phenoxy) is 1. The minimum absolute atomic E-state index is 0.0889. The number of ketones is 1. The first-order valence-electron chi connectivity index (χ1n) is 13.4. The topological polar surface area (TPSA) is 84.5 Å². The van der Waals surface area contributed by atoms with Crippen molar-refractivity contribution in [1.82, 2.24) is 5.32 Å². The first kappa shape index (κ1) is 26.7. The number of halogens is 3. The van der Waals surface area contributed by atoms with Gasteiger partial charge >= 0.3 is 0 Å². The second-order valence-corrected chi connectivity index (χ2v) is 12.7. The highest BCUT2D eigenvalue weighted by Gasteiger charge is 2.49. The molecule has 2 heterocycles. The average molecular weight is 588 g/mol. The van der Waals surface area contributed by atoms with Crippen LogP contribution in [0.4, 0.5) is 5.69 Å². The van der Waals surface area contributed by atoms with Crippen molar-refractivity contribution in [2.45, 2.75) is 62.0 Å². The Morgan fingerprint density at radius 2 is 1.85 bits per heavy atom. The molecule has 204 valence electrons. The number of carbonyl (C=O) groups excluding carboxylic acids is 3. The van der Waals surface area contributed by atoms with Crippen molar-refractivity contribution in [2.24, 2.45) is 17.8 Å². The van der Waals surface area contributed by atoms with E-state index in [2.05, 4.69) is 10.6 Å². The SMILES string of the molecule is O=C1CCC(OC2=CCC3(Cl)C=C2[C@@H]2NC(=O)C[C@@H](C4C=CC=C(Cl)C4)C2C(=O)Nc2cc(Cl)ccc23)CC1. The zero-order valence-electron chi connectivity index (χ0n) is 21.2. The molecule has 0 spiro atoms. The highest BCUT2D eigenvalue weighted by molar-refractivity contribution is 6.31. The summed E-state index contributed by atoms with van der Waals surface area (Å²) in [4.78, 5) is 38.2. The van der Waals surface area contributed by atoms with Crippen molar-refractivity contribution in [2.75, 3.05) is 5.32 Å². The maximum Gasteiger partial charge on any atom is 0.230 e. The molecule has 1 aromatic carbocycles. The van der Waals surface area contributed by atoms with Gasteiger partial charge in [-0.3, -0.25) is 14.4 Å². The van der Waals surface area contributed by atoms with Gasteiger partial charge in [-0.1, -0.05) is 41.4 Å². The normalized spacial score (nSPS) is 32.7. The van der Waals surface area contributed by atoms with E-state index in [1.165, 1.54) is 0 Å². The molecule has 2 amide bonds. The Labute approximate surface area is 242 Å². The van der Waals surface area contributed by atoms with E-state index in [-0.39, 0.29) is 42.0 Å². The lowest BCUT2D eigenvalue weighted by Crippen LogP contribution is -2.56. The summed E-state index contributed by atoms with van der Waals surface area (Å²) < 4.78 is 6.51. The van der Waals surface area contributed by atoms with Gasteiger partial charge in [-0.2, -0.15) is 0 Å². The largest absolute Gasteiger partial charge is 0.490 e. The van der Waals surface area contributed by atoms with Crippen LogP contribution < -0.4 is 10.6 Å². The van der Waals surface area contributed by atoms with Crippen LogP contribution in [0.2, 0.25) is 5.02 Å². The number of hydrogen-bond acceptors (Lipinski definition) is 4. The van der Waals surface area contributed by atoms with Crippen LogP contribution in [0.15, 0.2) is 64.9 Å². The van der Waals surface area contributed by atoms with Crippen LogP contribution in [0.1, 0.15) is 50.5 Å². The Morgan fingerprint density at radius 1 is 1.05 bits per heavy atom. The lowest BCUT2D eigenvalue weighted by molar-refractivity contribution is -0.132. The minimum Gasteiger partial charge on any atom is -0.490 e. The summed E-state index contributed by atoms with van der Waals surface area (Å²) in [5, 5.41) is 7.40. The predicted molar refractivity (Wildman–Crippen MR) is 151 cm³/mol. The van der Waals surface area contributed by atoms with E-state index in [9.17, 15) is 14.4 Å². The molecule has 2 bridgehead atoms. The summed E-state index contributed by atoms with van der Waals surface area (Å²) >= 11 is 20.1. The zero-order chi connectivity index (χ0) is 27.3. The molecule has 3 aliphatic carbocycles. The Morgan fingerprint density at radius 3 is 2.62 bits per heavy atom. The number of carbonyl (C=O) groups is 3. The number of allylic oxidation sites excluding steroid dienone is 6. The first-order valence-corrected chi connectivity index (χ1v) is 14.6. The number of nitrogens with one attached hydrogen (secondary N) is 2. The number of Topliss-reactive ketones (excluding diaryl/α,β-unsaturated/α-hetero) is 1. The van der Waals surface area contributed by atoms with E-state index < -0.39 is 16.8 Å². The number of hydrogen-bond donors (Lipinski definition) is 2. The van der Waals surface area contributed by atoms with Crippen molar-refractivity contribution in [3.63, 3.8) is 0 Å². The van der Waals surface area contributed by atoms with Gasteiger partial charge in [-0.15, -0.1) is 11.6 Å². The maximum atomic E-state index is 14.1. The number of benzene rings is 1. The molecular weight excluding hydrogens is 559 g/mol. The molecule has 0 radical (unpaired) electrons. The first-order chi connectivity index (χ1) is 18.7. The molecule has 1 saturated heterocycles. The Bertz CT molecular complexity index is 1360. The molecule has 2 N–H and O–H groups in total. The summed E-state index contributed by atoms with van der Waals surface area (Å²) in [7, 11) is 0. The van der Waals surface area contributed by atoms with Crippen molar-refractivity contribution in [3.8, 4) is 0 Å². The number of anilines is 1. The molecule has 1 aromatic rings. The molecule has 39 heavy (non-hydrogen) atoms.